The van der Waals surface area contributed by atoms with E-state index in [0.29, 0.717) is 24.0 Å². The molecule has 0 amide bonds. The van der Waals surface area contributed by atoms with Gasteiger partial charge in [-0.05, 0) is 70.1 Å². The van der Waals surface area contributed by atoms with Gasteiger partial charge in [0.25, 0.3) is 0 Å². The molecule has 4 aliphatic rings. The lowest BCUT2D eigenvalue weighted by Gasteiger charge is -2.47. The van der Waals surface area contributed by atoms with E-state index in [1.54, 1.807) is 0 Å². The lowest BCUT2D eigenvalue weighted by molar-refractivity contribution is -0.204. The number of ether oxygens (including phenoxy) is 3. The van der Waals surface area contributed by atoms with Gasteiger partial charge in [-0.15, -0.1) is 0 Å². The summed E-state index contributed by atoms with van der Waals surface area (Å²) in [6, 6.07) is 0. The highest BCUT2D eigenvalue weighted by molar-refractivity contribution is 5.75. The number of fused-ring (bicyclic) bond motifs is 2. The first-order chi connectivity index (χ1) is 12.8. The van der Waals surface area contributed by atoms with E-state index in [1.165, 1.54) is 0 Å². The van der Waals surface area contributed by atoms with Crippen LogP contribution in [-0.2, 0) is 19.0 Å². The molecule has 0 aromatic carbocycles. The minimum absolute atomic E-state index is 0.0862. The molecule has 4 rings (SSSR count). The summed E-state index contributed by atoms with van der Waals surface area (Å²) in [7, 11) is 0. The van der Waals surface area contributed by atoms with Gasteiger partial charge in [-0.1, -0.05) is 13.8 Å². The molecule has 160 valence electrons. The summed E-state index contributed by atoms with van der Waals surface area (Å²) in [5.41, 5.74) is -0.722. The molecule has 0 bridgehead atoms. The van der Waals surface area contributed by atoms with E-state index < -0.39 is 17.6 Å². The molecular weight excluding hydrogens is 373 g/mol. The Labute approximate surface area is 164 Å². The minimum Gasteiger partial charge on any atom is -0.458 e. The Hall–Kier alpha value is -0.820. The second kappa shape index (κ2) is 6.34. The van der Waals surface area contributed by atoms with Crippen LogP contribution in [0, 0.1) is 23.2 Å². The number of carbonyl (C=O) groups excluding carboxylic acids is 1. The topological polar surface area (TPSA) is 51.4 Å². The van der Waals surface area contributed by atoms with Gasteiger partial charge in [0.1, 0.15) is 0 Å². The predicted octanol–water partition coefficient (Wildman–Crippen LogP) is 4.65. The van der Waals surface area contributed by atoms with Crippen molar-refractivity contribution in [2.45, 2.75) is 95.8 Å². The van der Waals surface area contributed by atoms with Gasteiger partial charge >= 0.3 is 12.1 Å². The van der Waals surface area contributed by atoms with Gasteiger partial charge in [0.05, 0.1) is 30.0 Å². The van der Waals surface area contributed by atoms with E-state index in [9.17, 15) is 18.0 Å². The summed E-state index contributed by atoms with van der Waals surface area (Å²) >= 11 is 0. The van der Waals surface area contributed by atoms with Crippen LogP contribution in [-0.4, -0.2) is 42.2 Å². The third-order valence-electron chi connectivity index (χ3n) is 7.73. The highest BCUT2D eigenvalue weighted by atomic mass is 19.4. The highest BCUT2D eigenvalue weighted by Gasteiger charge is 2.61. The summed E-state index contributed by atoms with van der Waals surface area (Å²) < 4.78 is 54.4. The Bertz CT molecular complexity index is 614. The van der Waals surface area contributed by atoms with Crippen molar-refractivity contribution in [2.24, 2.45) is 23.2 Å². The van der Waals surface area contributed by atoms with Crippen LogP contribution < -0.4 is 0 Å². The zero-order valence-electron chi connectivity index (χ0n) is 17.1. The summed E-state index contributed by atoms with van der Waals surface area (Å²) in [6.07, 6.45) is 1.58. The zero-order valence-corrected chi connectivity index (χ0v) is 17.1. The number of hydrogen-bond acceptors (Lipinski definition) is 4. The number of esters is 1. The van der Waals surface area contributed by atoms with Crippen molar-refractivity contribution in [3.63, 3.8) is 0 Å². The predicted molar refractivity (Wildman–Crippen MR) is 95.5 cm³/mol. The third-order valence-corrected chi connectivity index (χ3v) is 7.73. The number of carbonyl (C=O) groups is 1. The Morgan fingerprint density at radius 3 is 1.86 bits per heavy atom. The van der Waals surface area contributed by atoms with E-state index >= 15 is 0 Å². The summed E-state index contributed by atoms with van der Waals surface area (Å²) in [6.45, 7) is 7.96. The van der Waals surface area contributed by atoms with Gasteiger partial charge in [0, 0.05) is 5.41 Å². The molecule has 6 atom stereocenters. The van der Waals surface area contributed by atoms with Crippen molar-refractivity contribution in [1.82, 2.24) is 0 Å². The maximum absolute atomic E-state index is 12.6. The van der Waals surface area contributed by atoms with Crippen LogP contribution in [0.2, 0.25) is 0 Å². The number of epoxide rings is 2. The van der Waals surface area contributed by atoms with E-state index in [1.807, 2.05) is 13.8 Å². The highest BCUT2D eigenvalue weighted by Crippen LogP contribution is 2.59. The maximum Gasteiger partial charge on any atom is 0.490 e. The van der Waals surface area contributed by atoms with Crippen LogP contribution in [0.5, 0.6) is 0 Å². The normalized spacial score (nSPS) is 43.5. The van der Waals surface area contributed by atoms with E-state index in [0.717, 1.165) is 38.5 Å². The van der Waals surface area contributed by atoms with Crippen molar-refractivity contribution in [2.75, 3.05) is 6.61 Å². The molecule has 2 aliphatic carbocycles. The molecule has 2 saturated heterocycles. The Kier molecular flexibility index (Phi) is 4.63. The third kappa shape index (κ3) is 3.69. The fourth-order valence-corrected chi connectivity index (χ4v) is 6.35. The quantitative estimate of drug-likeness (QED) is 0.494. The molecule has 0 spiro atoms. The Balaban J connectivity index is 1.52. The van der Waals surface area contributed by atoms with Gasteiger partial charge in [-0.3, -0.25) is 0 Å². The zero-order chi connectivity index (χ0) is 20.5. The first-order valence-corrected chi connectivity index (χ1v) is 10.4. The molecule has 0 radical (unpaired) electrons. The molecule has 4 fully saturated rings. The van der Waals surface area contributed by atoms with Gasteiger partial charge in [-0.25, -0.2) is 4.79 Å². The second-order valence-electron chi connectivity index (χ2n) is 10.5. The summed E-state index contributed by atoms with van der Waals surface area (Å²) in [4.78, 5) is 11.3. The fraction of sp³-hybridized carbons (Fsp3) is 0.952. The molecule has 2 aliphatic heterocycles. The second-order valence-corrected chi connectivity index (χ2v) is 10.5. The smallest absolute Gasteiger partial charge is 0.458 e. The summed E-state index contributed by atoms with van der Waals surface area (Å²) in [5.74, 6) is -1.22. The molecule has 0 aromatic rings. The molecule has 7 heteroatoms. The van der Waals surface area contributed by atoms with Crippen LogP contribution in [0.1, 0.15) is 66.2 Å². The van der Waals surface area contributed by atoms with E-state index in [2.05, 4.69) is 13.8 Å². The number of alkyl halides is 3. The average molecular weight is 404 g/mol. The van der Waals surface area contributed by atoms with Gasteiger partial charge in [0.15, 0.2) is 0 Å². The lowest BCUT2D eigenvalue weighted by Crippen LogP contribution is -2.45. The SMILES string of the molecule is CC(C)(COC(=O)C(F)(F)F)C(C1CCC2OC2(C)C1)C1CCC2OC2(C)C1. The van der Waals surface area contributed by atoms with Crippen LogP contribution in [0.4, 0.5) is 13.2 Å². The summed E-state index contributed by atoms with van der Waals surface area (Å²) in [5, 5.41) is 0. The van der Waals surface area contributed by atoms with Crippen molar-refractivity contribution < 1.29 is 32.2 Å². The molecule has 4 nitrogen and oxygen atoms in total. The monoisotopic (exact) mass is 404 g/mol. The largest absolute Gasteiger partial charge is 0.490 e. The standard InChI is InChI=1S/C21H31F3O4/c1-18(2,11-26-17(25)21(22,23)24)16(12-5-7-14-19(3,9-12)27-14)13-6-8-15-20(4,10-13)28-15/h12-16H,5-11H2,1-4H3. The molecule has 2 saturated carbocycles. The number of rotatable bonds is 5. The maximum atomic E-state index is 12.6. The fourth-order valence-electron chi connectivity index (χ4n) is 6.35. The van der Waals surface area contributed by atoms with Gasteiger partial charge < -0.3 is 14.2 Å². The van der Waals surface area contributed by atoms with Crippen LogP contribution in [0.3, 0.4) is 0 Å². The molecule has 28 heavy (non-hydrogen) atoms. The molecule has 6 unspecified atom stereocenters. The van der Waals surface area contributed by atoms with E-state index in [-0.39, 0.29) is 23.7 Å². The average Bonchev–Trinajstić information content (AvgIpc) is 3.43. The first kappa shape index (κ1) is 20.5. The van der Waals surface area contributed by atoms with Crippen molar-refractivity contribution in [3.05, 3.63) is 0 Å². The van der Waals surface area contributed by atoms with Crippen molar-refractivity contribution >= 4 is 5.97 Å². The lowest BCUT2D eigenvalue weighted by atomic mass is 9.58. The van der Waals surface area contributed by atoms with Crippen LogP contribution >= 0.6 is 0 Å². The molecule has 0 N–H and O–H groups in total. The van der Waals surface area contributed by atoms with Gasteiger partial charge in [-0.2, -0.15) is 13.2 Å². The molecular formula is C21H31F3O4. The first-order valence-electron chi connectivity index (χ1n) is 10.4. The van der Waals surface area contributed by atoms with E-state index in [4.69, 9.17) is 14.2 Å². The molecule has 2 heterocycles. The molecule has 0 aromatic heterocycles. The van der Waals surface area contributed by atoms with Crippen LogP contribution in [0.15, 0.2) is 0 Å². The van der Waals surface area contributed by atoms with Crippen LogP contribution in [0.25, 0.3) is 0 Å². The van der Waals surface area contributed by atoms with Gasteiger partial charge in [0.2, 0.25) is 0 Å². The van der Waals surface area contributed by atoms with Crippen molar-refractivity contribution in [1.29, 1.82) is 0 Å². The Morgan fingerprint density at radius 2 is 1.46 bits per heavy atom. The Morgan fingerprint density at radius 1 is 1.00 bits per heavy atom. The number of hydrogen-bond donors (Lipinski definition) is 0. The minimum atomic E-state index is -4.95. The number of halogens is 3. The van der Waals surface area contributed by atoms with Crippen molar-refractivity contribution in [3.8, 4) is 0 Å².